The van der Waals surface area contributed by atoms with E-state index in [0.29, 0.717) is 6.42 Å². The van der Waals surface area contributed by atoms with Crippen molar-refractivity contribution in [2.45, 2.75) is 115 Å². The molecule has 5 heteroatoms. The second kappa shape index (κ2) is 19.6. The smallest absolute Gasteiger partial charge is 0.303 e. The van der Waals surface area contributed by atoms with Crippen LogP contribution < -0.4 is 5.32 Å². The summed E-state index contributed by atoms with van der Waals surface area (Å²) in [6.07, 6.45) is 19.5. The van der Waals surface area contributed by atoms with Gasteiger partial charge in [-0.05, 0) is 37.1 Å². The molecule has 0 aliphatic heterocycles. The number of hydrogen-bond acceptors (Lipinski definition) is 3. The van der Waals surface area contributed by atoms with Crippen LogP contribution in [0, 0.1) is 0 Å². The molecule has 0 atom stereocenters. The van der Waals surface area contributed by atoms with Gasteiger partial charge in [-0.25, -0.2) is 0 Å². The Morgan fingerprint density at radius 1 is 0.839 bits per heavy atom. The molecule has 0 heterocycles. The Kier molecular flexibility index (Phi) is 17.7. The van der Waals surface area contributed by atoms with E-state index in [4.69, 9.17) is 17.3 Å². The molecule has 0 bridgehead atoms. The highest BCUT2D eigenvalue weighted by Gasteiger charge is 2.06. The minimum absolute atomic E-state index is 0.222. The first-order valence-corrected chi connectivity index (χ1v) is 13.8. The van der Waals surface area contributed by atoms with Gasteiger partial charge in [-0.1, -0.05) is 108 Å². The third kappa shape index (κ3) is 16.3. The fourth-order valence-corrected chi connectivity index (χ4v) is 4.83. The molecule has 1 rings (SSSR count). The quantitative estimate of drug-likeness (QED) is 0.114. The van der Waals surface area contributed by atoms with Crippen LogP contribution in [-0.4, -0.2) is 21.8 Å². The number of carboxylic acids is 1. The first-order valence-electron chi connectivity index (χ1n) is 12.4. The number of benzene rings is 1. The molecule has 0 amide bonds. The topological polar surface area (TPSA) is 49.3 Å². The number of anilines is 1. The normalized spacial score (nSPS) is 10.9. The summed E-state index contributed by atoms with van der Waals surface area (Å²) >= 11 is 7.25. The molecule has 0 aromatic heterocycles. The Morgan fingerprint density at radius 2 is 1.39 bits per heavy atom. The maximum absolute atomic E-state index is 10.6. The SMILES string of the molecule is CCCCCCCCCCCCCCCC(=S)Nc1ccccc1SCCCC(=O)O. The monoisotopic (exact) mass is 465 g/mol. The van der Waals surface area contributed by atoms with Crippen LogP contribution in [0.1, 0.15) is 110 Å². The summed E-state index contributed by atoms with van der Waals surface area (Å²) in [6, 6.07) is 8.15. The van der Waals surface area contributed by atoms with E-state index in [1.165, 1.54) is 77.0 Å². The minimum atomic E-state index is -0.731. The summed E-state index contributed by atoms with van der Waals surface area (Å²) in [4.78, 5) is 12.7. The van der Waals surface area contributed by atoms with E-state index in [1.54, 1.807) is 11.8 Å². The van der Waals surface area contributed by atoms with Crippen molar-refractivity contribution in [3.8, 4) is 0 Å². The predicted molar refractivity (Wildman–Crippen MR) is 141 cm³/mol. The average molecular weight is 466 g/mol. The first kappa shape index (κ1) is 28.0. The minimum Gasteiger partial charge on any atom is -0.481 e. The van der Waals surface area contributed by atoms with Crippen LogP contribution in [0.15, 0.2) is 29.2 Å². The Balaban J connectivity index is 2.05. The standard InChI is InChI=1S/C26H43NO2S2/c1-2-3-4-5-6-7-8-9-10-11-12-13-14-20-25(30)27-23-18-15-16-19-24(23)31-22-17-21-26(28)29/h15-16,18-19H,2-14,17,20-22H2,1H3,(H,27,30)(H,28,29). The molecule has 1 aromatic carbocycles. The van der Waals surface area contributed by atoms with Crippen molar-refractivity contribution < 1.29 is 9.90 Å². The maximum atomic E-state index is 10.6. The van der Waals surface area contributed by atoms with Crippen molar-refractivity contribution in [1.82, 2.24) is 0 Å². The zero-order valence-corrected chi connectivity index (χ0v) is 21.1. The molecule has 0 unspecified atom stereocenters. The molecule has 0 radical (unpaired) electrons. The van der Waals surface area contributed by atoms with Crippen molar-refractivity contribution in [3.63, 3.8) is 0 Å². The van der Waals surface area contributed by atoms with E-state index < -0.39 is 5.97 Å². The summed E-state index contributed by atoms with van der Waals surface area (Å²) in [6.45, 7) is 2.28. The van der Waals surface area contributed by atoms with Gasteiger partial charge in [0.15, 0.2) is 0 Å². The lowest BCUT2D eigenvalue weighted by molar-refractivity contribution is -0.137. The summed E-state index contributed by atoms with van der Waals surface area (Å²) in [5.74, 6) is 0.0716. The lowest BCUT2D eigenvalue weighted by Crippen LogP contribution is -2.09. The van der Waals surface area contributed by atoms with Gasteiger partial charge in [-0.15, -0.1) is 11.8 Å². The number of para-hydroxylation sites is 1. The number of thiocarbonyl (C=S) groups is 1. The highest BCUT2D eigenvalue weighted by Crippen LogP contribution is 2.28. The largest absolute Gasteiger partial charge is 0.481 e. The van der Waals surface area contributed by atoms with E-state index in [0.717, 1.165) is 34.2 Å². The van der Waals surface area contributed by atoms with Crippen LogP contribution in [0.5, 0.6) is 0 Å². The third-order valence-corrected chi connectivity index (χ3v) is 6.93. The number of nitrogens with one attached hydrogen (secondary N) is 1. The molecule has 3 nitrogen and oxygen atoms in total. The number of aliphatic carboxylic acids is 1. The molecule has 1 aromatic rings. The van der Waals surface area contributed by atoms with E-state index in [1.807, 2.05) is 12.1 Å². The number of rotatable bonds is 20. The van der Waals surface area contributed by atoms with E-state index in [2.05, 4.69) is 24.4 Å². The van der Waals surface area contributed by atoms with Crippen molar-refractivity contribution >= 4 is 40.6 Å². The Labute approximate surface area is 200 Å². The molecule has 176 valence electrons. The number of unbranched alkanes of at least 4 members (excludes halogenated alkanes) is 12. The third-order valence-electron chi connectivity index (χ3n) is 5.46. The van der Waals surface area contributed by atoms with Gasteiger partial charge in [0.05, 0.1) is 10.7 Å². The first-order chi connectivity index (χ1) is 15.1. The fraction of sp³-hybridized carbons (Fsp3) is 0.692. The molecule has 0 spiro atoms. The lowest BCUT2D eigenvalue weighted by Gasteiger charge is -2.12. The number of carbonyl (C=O) groups is 1. The van der Waals surface area contributed by atoms with Gasteiger partial charge in [-0.2, -0.15) is 0 Å². The molecule has 2 N–H and O–H groups in total. The second-order valence-electron chi connectivity index (χ2n) is 8.38. The summed E-state index contributed by atoms with van der Waals surface area (Å²) in [7, 11) is 0. The Bertz CT molecular complexity index is 607. The van der Waals surface area contributed by atoms with Gasteiger partial charge in [0.25, 0.3) is 0 Å². The number of thioether (sulfide) groups is 1. The van der Waals surface area contributed by atoms with Gasteiger partial charge in [-0.3, -0.25) is 4.79 Å². The van der Waals surface area contributed by atoms with Crippen molar-refractivity contribution in [3.05, 3.63) is 24.3 Å². The van der Waals surface area contributed by atoms with Gasteiger partial charge >= 0.3 is 5.97 Å². The molecule has 0 aliphatic carbocycles. The maximum Gasteiger partial charge on any atom is 0.303 e. The molecular weight excluding hydrogens is 422 g/mol. The van der Waals surface area contributed by atoms with Gasteiger partial charge in [0.1, 0.15) is 0 Å². The predicted octanol–water partition coefficient (Wildman–Crippen LogP) is 8.86. The lowest BCUT2D eigenvalue weighted by atomic mass is 10.0. The zero-order chi connectivity index (χ0) is 22.6. The van der Waals surface area contributed by atoms with Gasteiger partial charge < -0.3 is 10.4 Å². The number of carboxylic acid groups (broad SMARTS) is 1. The molecule has 31 heavy (non-hydrogen) atoms. The number of hydrogen-bond donors (Lipinski definition) is 2. The van der Waals surface area contributed by atoms with Gasteiger partial charge in [0, 0.05) is 11.3 Å². The summed E-state index contributed by atoms with van der Waals surface area (Å²) in [5, 5.41) is 12.2. The van der Waals surface area contributed by atoms with E-state index >= 15 is 0 Å². The van der Waals surface area contributed by atoms with Crippen LogP contribution in [-0.2, 0) is 4.79 Å². The van der Waals surface area contributed by atoms with E-state index in [9.17, 15) is 4.79 Å². The van der Waals surface area contributed by atoms with Crippen LogP contribution in [0.2, 0.25) is 0 Å². The zero-order valence-electron chi connectivity index (χ0n) is 19.5. The summed E-state index contributed by atoms with van der Waals surface area (Å²) in [5.41, 5.74) is 1.04. The Hall–Kier alpha value is -1.07. The van der Waals surface area contributed by atoms with Crippen molar-refractivity contribution in [2.75, 3.05) is 11.1 Å². The second-order valence-corrected chi connectivity index (χ2v) is 10.0. The highest BCUT2D eigenvalue weighted by molar-refractivity contribution is 7.99. The van der Waals surface area contributed by atoms with Crippen LogP contribution >= 0.6 is 24.0 Å². The highest BCUT2D eigenvalue weighted by atomic mass is 32.2. The van der Waals surface area contributed by atoms with Crippen molar-refractivity contribution in [2.24, 2.45) is 0 Å². The fourth-order valence-electron chi connectivity index (χ4n) is 3.62. The van der Waals surface area contributed by atoms with E-state index in [-0.39, 0.29) is 6.42 Å². The average Bonchev–Trinajstić information content (AvgIpc) is 2.75. The Morgan fingerprint density at radius 3 is 1.97 bits per heavy atom. The molecule has 0 aliphatic rings. The van der Waals surface area contributed by atoms with Crippen LogP contribution in [0.4, 0.5) is 5.69 Å². The van der Waals surface area contributed by atoms with Crippen molar-refractivity contribution in [1.29, 1.82) is 0 Å². The van der Waals surface area contributed by atoms with Crippen LogP contribution in [0.25, 0.3) is 0 Å². The molecule has 0 saturated carbocycles. The van der Waals surface area contributed by atoms with Crippen LogP contribution in [0.3, 0.4) is 0 Å². The molecule has 0 fully saturated rings. The molecular formula is C26H43NO2S2. The summed E-state index contributed by atoms with van der Waals surface area (Å²) < 4.78 is 0. The molecule has 0 saturated heterocycles. The van der Waals surface area contributed by atoms with Gasteiger partial charge in [0.2, 0.25) is 0 Å².